The summed E-state index contributed by atoms with van der Waals surface area (Å²) in [5.74, 6) is 0.457. The molecule has 0 saturated carbocycles. The zero-order chi connectivity index (χ0) is 24.2. The fourth-order valence-corrected chi connectivity index (χ4v) is 3.36. The molecule has 6 nitrogen and oxygen atoms in total. The van der Waals surface area contributed by atoms with Gasteiger partial charge in [0.1, 0.15) is 11.6 Å². The normalized spacial score (nSPS) is 12.5. The second kappa shape index (κ2) is 10.1. The van der Waals surface area contributed by atoms with Gasteiger partial charge in [-0.3, -0.25) is 0 Å². The van der Waals surface area contributed by atoms with Crippen molar-refractivity contribution in [2.45, 2.75) is 40.1 Å². The molecule has 0 saturated heterocycles. The van der Waals surface area contributed by atoms with Crippen LogP contribution in [0.4, 0.5) is 30.6 Å². The van der Waals surface area contributed by atoms with Crippen molar-refractivity contribution in [3.63, 3.8) is 0 Å². The first-order valence-electron chi connectivity index (χ1n) is 10.5. The number of ether oxygens (including phenoxy) is 1. The summed E-state index contributed by atoms with van der Waals surface area (Å²) in [6.07, 6.45) is -4.79. The number of nitrogens with zero attached hydrogens (tertiary/aromatic N) is 2. The van der Waals surface area contributed by atoms with Crippen LogP contribution in [0.3, 0.4) is 0 Å². The quantitative estimate of drug-likeness (QED) is 0.392. The van der Waals surface area contributed by atoms with Crippen molar-refractivity contribution in [3.05, 3.63) is 59.7 Å². The number of hydrogen-bond acceptors (Lipinski definition) is 6. The molecule has 3 N–H and O–H groups in total. The molecule has 0 spiro atoms. The lowest BCUT2D eigenvalue weighted by Gasteiger charge is -2.21. The highest BCUT2D eigenvalue weighted by Crippen LogP contribution is 2.30. The van der Waals surface area contributed by atoms with Gasteiger partial charge in [-0.25, -0.2) is 4.98 Å². The number of anilines is 3. The molecule has 33 heavy (non-hydrogen) atoms. The Kier molecular flexibility index (Phi) is 7.43. The van der Waals surface area contributed by atoms with E-state index in [0.29, 0.717) is 17.1 Å². The minimum absolute atomic E-state index is 0.0987. The molecule has 0 bridgehead atoms. The summed E-state index contributed by atoms with van der Waals surface area (Å²) in [5.41, 5.74) is 3.78. The monoisotopic (exact) mass is 460 g/mol. The molecule has 0 amide bonds. The molecule has 1 heterocycles. The Morgan fingerprint density at radius 2 is 1.70 bits per heavy atom. The SMILES string of the molecule is Cc1cc(C)cc(Nc2cc(-c3cccc(OC(F)(F)F)c3)nc(N[C@H](CO)C(C)C)n2)c1. The molecule has 176 valence electrons. The number of rotatable bonds is 8. The molecule has 1 aromatic heterocycles. The van der Waals surface area contributed by atoms with E-state index in [9.17, 15) is 18.3 Å². The Morgan fingerprint density at radius 3 is 2.30 bits per heavy atom. The lowest BCUT2D eigenvalue weighted by atomic mass is 10.1. The van der Waals surface area contributed by atoms with Crippen LogP contribution in [0, 0.1) is 19.8 Å². The van der Waals surface area contributed by atoms with Crippen molar-refractivity contribution in [2.75, 3.05) is 17.2 Å². The molecule has 3 rings (SSSR count). The van der Waals surface area contributed by atoms with Crippen LogP contribution in [0.2, 0.25) is 0 Å². The maximum atomic E-state index is 12.7. The van der Waals surface area contributed by atoms with Gasteiger partial charge in [0.05, 0.1) is 18.3 Å². The van der Waals surface area contributed by atoms with Crippen LogP contribution in [0.1, 0.15) is 25.0 Å². The predicted octanol–water partition coefficient (Wildman–Crippen LogP) is 5.83. The average Bonchev–Trinajstić information content (AvgIpc) is 2.70. The van der Waals surface area contributed by atoms with Crippen molar-refractivity contribution < 1.29 is 23.0 Å². The van der Waals surface area contributed by atoms with E-state index in [-0.39, 0.29) is 30.3 Å². The lowest BCUT2D eigenvalue weighted by molar-refractivity contribution is -0.274. The smallest absolute Gasteiger partial charge is 0.406 e. The Bertz CT molecular complexity index is 1080. The fraction of sp³-hybridized carbons (Fsp3) is 0.333. The van der Waals surface area contributed by atoms with Crippen LogP contribution in [0.25, 0.3) is 11.3 Å². The molecular weight excluding hydrogens is 433 g/mol. The second-order valence-electron chi connectivity index (χ2n) is 8.22. The molecule has 0 aliphatic carbocycles. The number of hydrogen-bond donors (Lipinski definition) is 3. The molecule has 0 aliphatic heterocycles. The van der Waals surface area contributed by atoms with Crippen LogP contribution in [0.5, 0.6) is 5.75 Å². The van der Waals surface area contributed by atoms with Gasteiger partial charge in [0.15, 0.2) is 0 Å². The standard InChI is InChI=1S/C24H27F3N4O2/c1-14(2)21(13-32)30-23-29-20(17-6-5-7-19(11-17)33-24(25,26)27)12-22(31-23)28-18-9-15(3)8-16(4)10-18/h5-12,14,21,32H,13H2,1-4H3,(H2,28,29,30,31)/t21-/m1/s1. The Hall–Kier alpha value is -3.33. The zero-order valence-electron chi connectivity index (χ0n) is 18.9. The van der Waals surface area contributed by atoms with E-state index in [4.69, 9.17) is 0 Å². The van der Waals surface area contributed by atoms with E-state index in [2.05, 4.69) is 25.3 Å². The molecule has 0 fully saturated rings. The third kappa shape index (κ3) is 7.08. The zero-order valence-corrected chi connectivity index (χ0v) is 18.9. The third-order valence-electron chi connectivity index (χ3n) is 4.90. The summed E-state index contributed by atoms with van der Waals surface area (Å²) in [4.78, 5) is 8.99. The minimum Gasteiger partial charge on any atom is -0.406 e. The van der Waals surface area contributed by atoms with E-state index in [0.717, 1.165) is 16.8 Å². The number of alkyl halides is 3. The molecule has 3 aromatic rings. The number of aromatic nitrogens is 2. The van der Waals surface area contributed by atoms with Gasteiger partial charge in [0.2, 0.25) is 5.95 Å². The van der Waals surface area contributed by atoms with Gasteiger partial charge < -0.3 is 20.5 Å². The van der Waals surface area contributed by atoms with E-state index in [1.165, 1.54) is 18.2 Å². The number of aliphatic hydroxyl groups excluding tert-OH is 1. The van der Waals surface area contributed by atoms with Gasteiger partial charge in [-0.2, -0.15) is 4.98 Å². The van der Waals surface area contributed by atoms with Gasteiger partial charge in [0.25, 0.3) is 0 Å². The topological polar surface area (TPSA) is 79.3 Å². The lowest BCUT2D eigenvalue weighted by Crippen LogP contribution is -2.30. The number of aliphatic hydroxyl groups is 1. The van der Waals surface area contributed by atoms with E-state index < -0.39 is 6.36 Å². The summed E-state index contributed by atoms with van der Waals surface area (Å²) in [6.45, 7) is 7.74. The van der Waals surface area contributed by atoms with Crippen molar-refractivity contribution in [2.24, 2.45) is 5.92 Å². The molecule has 0 radical (unpaired) electrons. The van der Waals surface area contributed by atoms with Crippen LogP contribution in [-0.4, -0.2) is 34.1 Å². The molecule has 2 aromatic carbocycles. The fourth-order valence-electron chi connectivity index (χ4n) is 3.36. The first kappa shape index (κ1) is 24.3. The summed E-state index contributed by atoms with van der Waals surface area (Å²) in [7, 11) is 0. The highest BCUT2D eigenvalue weighted by atomic mass is 19.4. The Balaban J connectivity index is 2.02. The average molecular weight is 461 g/mol. The maximum absolute atomic E-state index is 12.7. The molecule has 0 unspecified atom stereocenters. The van der Waals surface area contributed by atoms with Gasteiger partial charge >= 0.3 is 6.36 Å². The van der Waals surface area contributed by atoms with Crippen LogP contribution in [0.15, 0.2) is 48.5 Å². The van der Waals surface area contributed by atoms with Gasteiger partial charge in [-0.05, 0) is 55.2 Å². The van der Waals surface area contributed by atoms with Crippen molar-refractivity contribution in [1.82, 2.24) is 9.97 Å². The molecule has 1 atom stereocenters. The number of halogens is 3. The Labute approximate surface area is 190 Å². The van der Waals surface area contributed by atoms with Crippen molar-refractivity contribution >= 4 is 17.5 Å². The number of nitrogens with one attached hydrogen (secondary N) is 2. The maximum Gasteiger partial charge on any atom is 0.573 e. The third-order valence-corrected chi connectivity index (χ3v) is 4.90. The van der Waals surface area contributed by atoms with Gasteiger partial charge in [-0.15, -0.1) is 13.2 Å². The van der Waals surface area contributed by atoms with E-state index in [1.54, 1.807) is 12.1 Å². The van der Waals surface area contributed by atoms with Gasteiger partial charge in [-0.1, -0.05) is 32.0 Å². The first-order valence-corrected chi connectivity index (χ1v) is 10.5. The van der Waals surface area contributed by atoms with E-state index >= 15 is 0 Å². The number of benzene rings is 2. The largest absolute Gasteiger partial charge is 0.573 e. The second-order valence-corrected chi connectivity index (χ2v) is 8.22. The van der Waals surface area contributed by atoms with Crippen LogP contribution >= 0.6 is 0 Å². The molecule has 9 heteroatoms. The summed E-state index contributed by atoms with van der Waals surface area (Å²) >= 11 is 0. The highest BCUT2D eigenvalue weighted by molar-refractivity contribution is 5.69. The highest BCUT2D eigenvalue weighted by Gasteiger charge is 2.31. The van der Waals surface area contributed by atoms with Gasteiger partial charge in [0, 0.05) is 17.3 Å². The summed E-state index contributed by atoms with van der Waals surface area (Å²) in [6, 6.07) is 12.9. The first-order chi connectivity index (χ1) is 15.5. The number of aryl methyl sites for hydroxylation is 2. The molecular formula is C24H27F3N4O2. The summed E-state index contributed by atoms with van der Waals surface area (Å²) < 4.78 is 42.1. The molecule has 0 aliphatic rings. The van der Waals surface area contributed by atoms with Crippen molar-refractivity contribution in [1.29, 1.82) is 0 Å². The van der Waals surface area contributed by atoms with Crippen molar-refractivity contribution in [3.8, 4) is 17.0 Å². The minimum atomic E-state index is -4.79. The van der Waals surface area contributed by atoms with Crippen LogP contribution < -0.4 is 15.4 Å². The Morgan fingerprint density at radius 1 is 1.00 bits per heavy atom. The van der Waals surface area contributed by atoms with Crippen LogP contribution in [-0.2, 0) is 0 Å². The summed E-state index contributed by atoms with van der Waals surface area (Å²) in [5, 5.41) is 16.1. The predicted molar refractivity (Wildman–Crippen MR) is 123 cm³/mol. The van der Waals surface area contributed by atoms with E-state index in [1.807, 2.05) is 45.9 Å².